The Bertz CT molecular complexity index is 1840. The van der Waals surface area contributed by atoms with E-state index in [1.54, 1.807) is 6.07 Å². The van der Waals surface area contributed by atoms with Gasteiger partial charge in [-0.25, -0.2) is 18.7 Å². The molecule has 1 aliphatic carbocycles. The summed E-state index contributed by atoms with van der Waals surface area (Å²) in [7, 11) is 2.06. The highest BCUT2D eigenvalue weighted by molar-refractivity contribution is 6.30. The fraction of sp³-hybridized carbons (Fsp3) is 0.393. The van der Waals surface area contributed by atoms with Crippen LogP contribution in [-0.4, -0.2) is 90.8 Å². The molecule has 1 saturated carbocycles. The number of nitrogens with one attached hydrogen (secondary N) is 2. The second-order valence-electron chi connectivity index (χ2n) is 10.7. The van der Waals surface area contributed by atoms with Crippen molar-refractivity contribution >= 4 is 40.8 Å². The number of rotatable bonds is 9. The quantitative estimate of drug-likeness (QED) is 0.238. The van der Waals surface area contributed by atoms with E-state index in [-0.39, 0.29) is 23.8 Å². The van der Waals surface area contributed by atoms with Crippen molar-refractivity contribution in [3.8, 4) is 5.88 Å². The van der Waals surface area contributed by atoms with Crippen LogP contribution in [0.1, 0.15) is 25.0 Å². The highest BCUT2D eigenvalue weighted by Crippen LogP contribution is 2.24. The highest BCUT2D eigenvalue weighted by Gasteiger charge is 2.21. The van der Waals surface area contributed by atoms with E-state index in [1.165, 1.54) is 35.0 Å². The van der Waals surface area contributed by atoms with E-state index in [9.17, 15) is 19.1 Å². The lowest BCUT2D eigenvalue weighted by molar-refractivity contribution is -0.148. The Morgan fingerprint density at radius 1 is 1.28 bits per heavy atom. The molecular weight excluding hydrogens is 581 g/mol. The number of hydrogen-bond donors (Lipinski definition) is 3. The van der Waals surface area contributed by atoms with Crippen LogP contribution in [0.4, 0.5) is 15.9 Å². The molecule has 43 heavy (non-hydrogen) atoms. The maximum absolute atomic E-state index is 14.4. The molecule has 15 heteroatoms. The molecule has 3 N–H and O–H groups in total. The lowest BCUT2D eigenvalue weighted by Crippen LogP contribution is -2.45. The molecule has 1 saturated heterocycles. The van der Waals surface area contributed by atoms with Gasteiger partial charge >= 0.3 is 11.7 Å². The molecule has 4 heterocycles. The number of anilines is 2. The third kappa shape index (κ3) is 6.71. The maximum atomic E-state index is 14.4. The molecule has 0 amide bonds. The molecule has 1 aromatic carbocycles. The van der Waals surface area contributed by atoms with E-state index >= 15 is 0 Å². The van der Waals surface area contributed by atoms with E-state index in [1.807, 2.05) is 0 Å². The number of carbonyl (C=O) groups is 1. The van der Waals surface area contributed by atoms with Crippen LogP contribution in [0.5, 0.6) is 5.88 Å². The molecule has 0 atom stereocenters. The van der Waals surface area contributed by atoms with Gasteiger partial charge in [-0.15, -0.1) is 0 Å². The Labute approximate surface area is 249 Å². The van der Waals surface area contributed by atoms with Crippen molar-refractivity contribution in [2.45, 2.75) is 32.0 Å². The molecule has 226 valence electrons. The smallest absolute Gasteiger partial charge is 0.331 e. The van der Waals surface area contributed by atoms with Crippen molar-refractivity contribution in [2.24, 2.45) is 4.99 Å². The number of aromatic nitrogens is 5. The van der Waals surface area contributed by atoms with Crippen LogP contribution in [0.3, 0.4) is 0 Å². The van der Waals surface area contributed by atoms with Gasteiger partial charge in [0.1, 0.15) is 17.3 Å². The molecule has 0 bridgehead atoms. The summed E-state index contributed by atoms with van der Waals surface area (Å²) in [6, 6.07) is 5.98. The summed E-state index contributed by atoms with van der Waals surface area (Å²) in [5.41, 5.74) is 0.438. The van der Waals surface area contributed by atoms with Gasteiger partial charge in [-0.05, 0) is 44.2 Å². The van der Waals surface area contributed by atoms with E-state index in [4.69, 9.17) is 21.3 Å². The molecule has 0 spiro atoms. The number of ether oxygens (including phenoxy) is 1. The fourth-order valence-electron chi connectivity index (χ4n) is 4.73. The van der Waals surface area contributed by atoms with Crippen LogP contribution in [0.2, 0.25) is 5.02 Å². The molecule has 2 fully saturated rings. The number of piperazine rings is 1. The van der Waals surface area contributed by atoms with Crippen LogP contribution < -0.4 is 21.7 Å². The third-order valence-corrected chi connectivity index (χ3v) is 7.63. The Morgan fingerprint density at radius 2 is 2.07 bits per heavy atom. The highest BCUT2D eigenvalue weighted by atomic mass is 35.5. The summed E-state index contributed by atoms with van der Waals surface area (Å²) in [6.07, 6.45) is 5.12. The maximum Gasteiger partial charge on any atom is 0.331 e. The van der Waals surface area contributed by atoms with Gasteiger partial charge in [0.15, 0.2) is 17.9 Å². The summed E-state index contributed by atoms with van der Waals surface area (Å²) < 4.78 is 22.2. The zero-order chi connectivity index (χ0) is 30.1. The van der Waals surface area contributed by atoms with Crippen molar-refractivity contribution in [1.82, 2.24) is 33.9 Å². The fourth-order valence-corrected chi connectivity index (χ4v) is 4.90. The summed E-state index contributed by atoms with van der Waals surface area (Å²) in [6.45, 7) is 3.77. The Hall–Kier alpha value is -4.27. The number of halogens is 2. The summed E-state index contributed by atoms with van der Waals surface area (Å²) in [5.74, 6) is -1.07. The largest absolute Gasteiger partial charge is 0.493 e. The number of H-pyrrole nitrogens is 1. The minimum Gasteiger partial charge on any atom is -0.493 e. The second kappa shape index (κ2) is 12.1. The topological polar surface area (TPSA) is 145 Å². The number of aromatic amines is 1. The number of hydrogen-bond acceptors (Lipinski definition) is 10. The predicted molar refractivity (Wildman–Crippen MR) is 156 cm³/mol. The molecular formula is C28H31ClFN9O4. The van der Waals surface area contributed by atoms with Crippen molar-refractivity contribution in [3.63, 3.8) is 0 Å². The number of imidazole rings is 1. The van der Waals surface area contributed by atoms with Gasteiger partial charge in [-0.1, -0.05) is 11.6 Å². The van der Waals surface area contributed by atoms with Gasteiger partial charge in [0, 0.05) is 49.0 Å². The van der Waals surface area contributed by atoms with E-state index in [2.05, 4.69) is 37.2 Å². The summed E-state index contributed by atoms with van der Waals surface area (Å²) in [5, 5.41) is 19.0. The van der Waals surface area contributed by atoms with E-state index in [0.717, 1.165) is 43.6 Å². The normalized spacial score (nSPS) is 17.2. The molecule has 2 aliphatic rings. The third-order valence-electron chi connectivity index (χ3n) is 7.40. The van der Waals surface area contributed by atoms with Crippen molar-refractivity contribution in [1.29, 1.82) is 0 Å². The van der Waals surface area contributed by atoms with Gasteiger partial charge in [-0.2, -0.15) is 9.61 Å². The minimum absolute atomic E-state index is 0.0788. The van der Waals surface area contributed by atoms with Gasteiger partial charge in [0.25, 0.3) is 0 Å². The Balaban J connectivity index is 1.24. The predicted octanol–water partition coefficient (Wildman–Crippen LogP) is 1.21. The molecule has 4 aromatic rings. The van der Waals surface area contributed by atoms with Gasteiger partial charge in [-0.3, -0.25) is 9.79 Å². The number of esters is 1. The molecule has 3 aromatic heterocycles. The van der Waals surface area contributed by atoms with Crippen LogP contribution in [0.15, 0.2) is 40.2 Å². The van der Waals surface area contributed by atoms with E-state index < -0.39 is 30.1 Å². The Morgan fingerprint density at radius 3 is 2.84 bits per heavy atom. The zero-order valence-corrected chi connectivity index (χ0v) is 24.2. The second-order valence-corrected chi connectivity index (χ2v) is 11.2. The van der Waals surface area contributed by atoms with Gasteiger partial charge in [0.05, 0.1) is 24.3 Å². The first kappa shape index (κ1) is 28.8. The van der Waals surface area contributed by atoms with Crippen LogP contribution in [-0.2, 0) is 16.3 Å². The number of aromatic hydroxyl groups is 1. The SMILES string of the molecule is CN1CCN(CCC(=O)OCn2c(O)c(/C=c3/cnn4c(=NC5CC5)cc(Nc5cc(Cl)ccc5F)nc34)[nH]c2=O)CC1. The first-order chi connectivity index (χ1) is 20.7. The van der Waals surface area contributed by atoms with Crippen LogP contribution >= 0.6 is 11.6 Å². The van der Waals surface area contributed by atoms with Gasteiger partial charge in [0.2, 0.25) is 5.88 Å². The number of carbonyl (C=O) groups excluding carboxylic acids is 1. The molecule has 6 rings (SSSR count). The van der Waals surface area contributed by atoms with Crippen molar-refractivity contribution < 1.29 is 19.0 Å². The van der Waals surface area contributed by atoms with E-state index in [0.29, 0.717) is 33.7 Å². The summed E-state index contributed by atoms with van der Waals surface area (Å²) >= 11 is 6.06. The standard InChI is InChI=1S/C28H31ClFN9O4/c1-36-8-10-37(11-9-36)7-6-25(40)43-16-38-27(41)22(34-28(38)42)12-17-15-31-39-24(32-19-3-4-19)14-23(35-26(17)39)33-21-13-18(29)2-5-20(21)30/h2,5,12-15,19,33,41H,3-4,6-11,16H2,1H3,(H,34,42)/b17-12-,32-24?. The number of benzene rings is 1. The average molecular weight is 612 g/mol. The van der Waals surface area contributed by atoms with Gasteiger partial charge < -0.3 is 29.9 Å². The molecule has 13 nitrogen and oxygen atoms in total. The average Bonchev–Trinajstić information content (AvgIpc) is 3.65. The number of fused-ring (bicyclic) bond motifs is 1. The van der Waals surface area contributed by atoms with Crippen LogP contribution in [0, 0.1) is 5.82 Å². The summed E-state index contributed by atoms with van der Waals surface area (Å²) in [4.78, 5) is 41.3. The first-order valence-corrected chi connectivity index (χ1v) is 14.4. The van der Waals surface area contributed by atoms with Crippen molar-refractivity contribution in [2.75, 3.05) is 45.1 Å². The minimum atomic E-state index is -0.650. The number of likely N-dealkylation sites (N-methyl/N-ethyl adjacent to an activating group) is 1. The first-order valence-electron chi connectivity index (χ1n) is 14.0. The molecule has 0 unspecified atom stereocenters. The lowest BCUT2D eigenvalue weighted by atomic mass is 10.3. The molecule has 0 radical (unpaired) electrons. The lowest BCUT2D eigenvalue weighted by Gasteiger charge is -2.31. The molecule has 1 aliphatic heterocycles. The Kier molecular flexibility index (Phi) is 8.15. The zero-order valence-electron chi connectivity index (χ0n) is 23.5. The van der Waals surface area contributed by atoms with Crippen LogP contribution in [0.25, 0.3) is 11.7 Å². The van der Waals surface area contributed by atoms with Crippen molar-refractivity contribution in [3.05, 3.63) is 68.2 Å². The number of nitrogens with zero attached hydrogens (tertiary/aromatic N) is 7. The monoisotopic (exact) mass is 611 g/mol.